The molecule has 0 fully saturated rings. The van der Waals surface area contributed by atoms with Crippen LogP contribution in [0.5, 0.6) is 0 Å². The minimum atomic E-state index is -0.556. The fraction of sp³-hybridized carbons (Fsp3) is 0. The van der Waals surface area contributed by atoms with Crippen molar-refractivity contribution in [2.45, 2.75) is 0 Å². The van der Waals surface area contributed by atoms with Crippen molar-refractivity contribution in [3.63, 3.8) is 0 Å². The Morgan fingerprint density at radius 2 is 1.88 bits per heavy atom. The highest BCUT2D eigenvalue weighted by Crippen LogP contribution is 2.18. The summed E-state index contributed by atoms with van der Waals surface area (Å²) in [7, 11) is 0. The van der Waals surface area contributed by atoms with Crippen molar-refractivity contribution in [3.05, 3.63) is 71.2 Å². The number of aromatic amines is 1. The lowest BCUT2D eigenvalue weighted by molar-refractivity contribution is -0.111. The number of hydrogen-bond donors (Lipinski definition) is 3. The van der Waals surface area contributed by atoms with Gasteiger partial charge in [0.15, 0.2) is 5.58 Å². The van der Waals surface area contributed by atoms with Gasteiger partial charge in [-0.25, -0.2) is 4.79 Å². The molecule has 0 saturated carbocycles. The van der Waals surface area contributed by atoms with Crippen LogP contribution in [0.4, 0.5) is 11.4 Å². The maximum Gasteiger partial charge on any atom is 0.417 e. The lowest BCUT2D eigenvalue weighted by atomic mass is 10.1. The molecule has 0 spiro atoms. The number of benzene rings is 2. The molecule has 7 heteroatoms. The molecule has 1 heterocycles. The van der Waals surface area contributed by atoms with Crippen LogP contribution in [0.3, 0.4) is 0 Å². The van der Waals surface area contributed by atoms with E-state index in [-0.39, 0.29) is 11.8 Å². The molecule has 7 nitrogen and oxygen atoms in total. The first-order valence-corrected chi connectivity index (χ1v) is 7.03. The standard InChI is InChI=1S/C17H13N3O4/c1-2-15(21)18-11-5-3-4-10(8-11)16(22)19-12-6-7-13-14(9-12)24-17(23)20-13/h2-9H,1H2,(H,18,21)(H,19,22)(H,20,23). The molecule has 0 aliphatic heterocycles. The molecule has 0 aliphatic rings. The van der Waals surface area contributed by atoms with Crippen molar-refractivity contribution in [2.24, 2.45) is 0 Å². The van der Waals surface area contributed by atoms with E-state index in [9.17, 15) is 14.4 Å². The van der Waals surface area contributed by atoms with E-state index in [4.69, 9.17) is 4.42 Å². The maximum absolute atomic E-state index is 12.3. The van der Waals surface area contributed by atoms with E-state index in [0.717, 1.165) is 6.08 Å². The van der Waals surface area contributed by atoms with Gasteiger partial charge in [-0.1, -0.05) is 12.6 Å². The molecule has 2 aromatic carbocycles. The van der Waals surface area contributed by atoms with Gasteiger partial charge in [-0.2, -0.15) is 0 Å². The summed E-state index contributed by atoms with van der Waals surface area (Å²) in [5.41, 5.74) is 2.24. The van der Waals surface area contributed by atoms with Crippen LogP contribution in [-0.2, 0) is 4.79 Å². The van der Waals surface area contributed by atoms with E-state index >= 15 is 0 Å². The smallest absolute Gasteiger partial charge is 0.408 e. The second-order valence-corrected chi connectivity index (χ2v) is 4.95. The number of hydrogen-bond acceptors (Lipinski definition) is 4. The number of carbonyl (C=O) groups is 2. The summed E-state index contributed by atoms with van der Waals surface area (Å²) in [5.74, 6) is -1.28. The molecule has 0 radical (unpaired) electrons. The summed E-state index contributed by atoms with van der Waals surface area (Å²) in [4.78, 5) is 37.3. The third kappa shape index (κ3) is 3.25. The Balaban J connectivity index is 1.80. The fourth-order valence-electron chi connectivity index (χ4n) is 2.16. The number of nitrogens with one attached hydrogen (secondary N) is 3. The normalized spacial score (nSPS) is 10.3. The van der Waals surface area contributed by atoms with Gasteiger partial charge in [0.25, 0.3) is 5.91 Å². The quantitative estimate of drug-likeness (QED) is 0.642. The summed E-state index contributed by atoms with van der Waals surface area (Å²) in [5, 5.41) is 5.29. The van der Waals surface area contributed by atoms with Crippen LogP contribution in [0.2, 0.25) is 0 Å². The molecule has 0 aliphatic carbocycles. The summed E-state index contributed by atoms with van der Waals surface area (Å²) in [6.45, 7) is 3.37. The Labute approximate surface area is 136 Å². The number of amides is 2. The van der Waals surface area contributed by atoms with Crippen LogP contribution in [0.25, 0.3) is 11.1 Å². The van der Waals surface area contributed by atoms with Crippen LogP contribution in [0.1, 0.15) is 10.4 Å². The fourth-order valence-corrected chi connectivity index (χ4v) is 2.16. The number of anilines is 2. The number of oxazole rings is 1. The zero-order valence-corrected chi connectivity index (χ0v) is 12.5. The van der Waals surface area contributed by atoms with E-state index in [1.54, 1.807) is 42.5 Å². The first kappa shape index (κ1) is 15.3. The van der Waals surface area contributed by atoms with Gasteiger partial charge in [-0.05, 0) is 36.4 Å². The zero-order chi connectivity index (χ0) is 17.1. The topological polar surface area (TPSA) is 104 Å². The average Bonchev–Trinajstić information content (AvgIpc) is 2.94. The Morgan fingerprint density at radius 1 is 1.08 bits per heavy atom. The number of carbonyl (C=O) groups excluding carboxylic acids is 2. The highest BCUT2D eigenvalue weighted by Gasteiger charge is 2.09. The molecule has 3 rings (SSSR count). The van der Waals surface area contributed by atoms with Crippen LogP contribution in [0, 0.1) is 0 Å². The van der Waals surface area contributed by atoms with E-state index in [0.29, 0.717) is 28.0 Å². The van der Waals surface area contributed by atoms with Gasteiger partial charge in [-0.3, -0.25) is 14.6 Å². The molecule has 0 saturated heterocycles. The van der Waals surface area contributed by atoms with Gasteiger partial charge in [0.2, 0.25) is 5.91 Å². The molecule has 1 aromatic heterocycles. The first-order chi connectivity index (χ1) is 11.5. The zero-order valence-electron chi connectivity index (χ0n) is 12.5. The number of H-pyrrole nitrogens is 1. The van der Waals surface area contributed by atoms with Crippen molar-refractivity contribution in [1.29, 1.82) is 0 Å². The van der Waals surface area contributed by atoms with Crippen LogP contribution >= 0.6 is 0 Å². The van der Waals surface area contributed by atoms with E-state index in [2.05, 4.69) is 22.2 Å². The molecule has 0 atom stereocenters. The first-order valence-electron chi connectivity index (χ1n) is 7.03. The Hall–Kier alpha value is -3.61. The van der Waals surface area contributed by atoms with Crippen molar-refractivity contribution < 1.29 is 14.0 Å². The Morgan fingerprint density at radius 3 is 2.67 bits per heavy atom. The highest BCUT2D eigenvalue weighted by molar-refractivity contribution is 6.06. The van der Waals surface area contributed by atoms with Crippen LogP contribution in [-0.4, -0.2) is 16.8 Å². The monoisotopic (exact) mass is 323 g/mol. The van der Waals surface area contributed by atoms with E-state index in [1.807, 2.05) is 0 Å². The van der Waals surface area contributed by atoms with Crippen molar-refractivity contribution in [3.8, 4) is 0 Å². The molecule has 120 valence electrons. The van der Waals surface area contributed by atoms with Gasteiger partial charge >= 0.3 is 5.76 Å². The summed E-state index contributed by atoms with van der Waals surface area (Å²) in [6.07, 6.45) is 1.15. The molecule has 24 heavy (non-hydrogen) atoms. The van der Waals surface area contributed by atoms with Crippen molar-refractivity contribution in [1.82, 2.24) is 4.98 Å². The van der Waals surface area contributed by atoms with Crippen molar-refractivity contribution >= 4 is 34.3 Å². The lowest BCUT2D eigenvalue weighted by Gasteiger charge is -2.07. The van der Waals surface area contributed by atoms with Gasteiger partial charge < -0.3 is 15.1 Å². The molecular formula is C17H13N3O4. The summed E-state index contributed by atoms with van der Waals surface area (Å²) in [6, 6.07) is 11.3. The number of fused-ring (bicyclic) bond motifs is 1. The minimum absolute atomic E-state index is 0.352. The number of aromatic nitrogens is 1. The molecule has 0 unspecified atom stereocenters. The van der Waals surface area contributed by atoms with Crippen LogP contribution < -0.4 is 16.4 Å². The maximum atomic E-state index is 12.3. The van der Waals surface area contributed by atoms with Gasteiger partial charge in [0.05, 0.1) is 5.52 Å². The summed E-state index contributed by atoms with van der Waals surface area (Å²) < 4.78 is 4.95. The van der Waals surface area contributed by atoms with Crippen LogP contribution in [0.15, 0.2) is 64.3 Å². The second-order valence-electron chi connectivity index (χ2n) is 4.95. The number of rotatable bonds is 4. The third-order valence-corrected chi connectivity index (χ3v) is 3.26. The Bertz CT molecular complexity index is 1000. The van der Waals surface area contributed by atoms with E-state index in [1.165, 1.54) is 0 Å². The largest absolute Gasteiger partial charge is 0.417 e. The van der Waals surface area contributed by atoms with Gasteiger partial charge in [0, 0.05) is 23.0 Å². The summed E-state index contributed by atoms with van der Waals surface area (Å²) >= 11 is 0. The predicted octanol–water partition coefficient (Wildman–Crippen LogP) is 2.50. The van der Waals surface area contributed by atoms with Gasteiger partial charge in [0.1, 0.15) is 0 Å². The third-order valence-electron chi connectivity index (χ3n) is 3.26. The SMILES string of the molecule is C=CC(=O)Nc1cccc(C(=O)Nc2ccc3[nH]c(=O)oc3c2)c1. The molecule has 3 N–H and O–H groups in total. The predicted molar refractivity (Wildman–Crippen MR) is 90.1 cm³/mol. The lowest BCUT2D eigenvalue weighted by Crippen LogP contribution is -2.13. The van der Waals surface area contributed by atoms with E-state index < -0.39 is 5.76 Å². The minimum Gasteiger partial charge on any atom is -0.408 e. The molecule has 0 bridgehead atoms. The highest BCUT2D eigenvalue weighted by atomic mass is 16.4. The van der Waals surface area contributed by atoms with Crippen molar-refractivity contribution in [2.75, 3.05) is 10.6 Å². The molecular weight excluding hydrogens is 310 g/mol. The average molecular weight is 323 g/mol. The second kappa shape index (κ2) is 6.25. The Kier molecular flexibility index (Phi) is 3.98. The molecule has 2 amide bonds. The molecule has 3 aromatic rings. The van der Waals surface area contributed by atoms with Gasteiger partial charge in [-0.15, -0.1) is 0 Å².